The molecule has 1 N–H and O–H groups in total. The molecule has 0 saturated carbocycles. The van der Waals surface area contributed by atoms with Crippen molar-refractivity contribution in [2.45, 2.75) is 76.0 Å². The Morgan fingerprint density at radius 3 is 2.03 bits per heavy atom. The Kier molecular flexibility index (Phi) is 13.5. The zero-order chi connectivity index (χ0) is 21.1. The van der Waals surface area contributed by atoms with Crippen molar-refractivity contribution >= 4 is 10.1 Å². The summed E-state index contributed by atoms with van der Waals surface area (Å²) in [6.45, 7) is 2.21. The Labute approximate surface area is 223 Å². The molecule has 5 nitrogen and oxygen atoms in total. The monoisotopic (exact) mass is 458 g/mol. The third-order valence-corrected chi connectivity index (χ3v) is 5.76. The Morgan fingerprint density at radius 2 is 1.47 bits per heavy atom. The Hall–Kier alpha value is -0.414. The number of benzene rings is 2. The van der Waals surface area contributed by atoms with Gasteiger partial charge in [-0.2, -0.15) is 8.42 Å². The molecule has 160 valence electrons. The Morgan fingerprint density at radius 1 is 0.900 bits per heavy atom. The van der Waals surface area contributed by atoms with E-state index in [1.54, 1.807) is 24.3 Å². The molecule has 2 rings (SSSR count). The van der Waals surface area contributed by atoms with Crippen LogP contribution in [0, 0.1) is 0 Å². The SMILES string of the molecule is CCCCCCCCCCCc1cc(S(=O)(=O)O)cc(Oc2ccccc2)c1[O-].[K+]. The van der Waals surface area contributed by atoms with Gasteiger partial charge in [0.2, 0.25) is 0 Å². The molecule has 0 amide bonds. The van der Waals surface area contributed by atoms with E-state index >= 15 is 0 Å². The fraction of sp³-hybridized carbons (Fsp3) is 0.478. The fourth-order valence-corrected chi connectivity index (χ4v) is 3.83. The maximum absolute atomic E-state index is 12.7. The van der Waals surface area contributed by atoms with E-state index < -0.39 is 10.1 Å². The molecular formula is C23H31KO5S. The molecule has 0 bridgehead atoms. The third kappa shape index (κ3) is 9.81. The van der Waals surface area contributed by atoms with Crippen LogP contribution in [0.15, 0.2) is 47.4 Å². The van der Waals surface area contributed by atoms with Gasteiger partial charge in [-0.3, -0.25) is 4.55 Å². The minimum atomic E-state index is -4.43. The summed E-state index contributed by atoms with van der Waals surface area (Å²) in [7, 11) is -4.43. The van der Waals surface area contributed by atoms with Gasteiger partial charge in [0.1, 0.15) is 11.5 Å². The van der Waals surface area contributed by atoms with Gasteiger partial charge in [-0.1, -0.05) is 87.8 Å². The van der Waals surface area contributed by atoms with Crippen molar-refractivity contribution in [1.82, 2.24) is 0 Å². The number of aryl methyl sites for hydroxylation is 1. The van der Waals surface area contributed by atoms with Crippen LogP contribution in [0.3, 0.4) is 0 Å². The first-order valence-electron chi connectivity index (χ1n) is 10.5. The number of hydrogen-bond acceptors (Lipinski definition) is 4. The van der Waals surface area contributed by atoms with Gasteiger partial charge < -0.3 is 9.84 Å². The summed E-state index contributed by atoms with van der Waals surface area (Å²) < 4.78 is 38.3. The van der Waals surface area contributed by atoms with E-state index in [-0.39, 0.29) is 67.8 Å². The normalized spacial score (nSPS) is 11.1. The molecule has 2 aromatic carbocycles. The molecule has 0 spiro atoms. The van der Waals surface area contributed by atoms with E-state index in [1.807, 2.05) is 6.07 Å². The molecule has 0 aliphatic heterocycles. The third-order valence-electron chi connectivity index (χ3n) is 4.92. The topological polar surface area (TPSA) is 86.7 Å². The molecular weight excluding hydrogens is 427 g/mol. The van der Waals surface area contributed by atoms with Crippen LogP contribution in [0.4, 0.5) is 0 Å². The molecule has 0 aliphatic rings. The summed E-state index contributed by atoms with van der Waals surface area (Å²) in [4.78, 5) is -0.311. The predicted octanol–water partition coefficient (Wildman–Crippen LogP) is 2.88. The van der Waals surface area contributed by atoms with Crippen molar-refractivity contribution in [1.29, 1.82) is 0 Å². The molecule has 0 heterocycles. The van der Waals surface area contributed by atoms with Crippen molar-refractivity contribution in [2.24, 2.45) is 0 Å². The molecule has 0 aromatic heterocycles. The maximum Gasteiger partial charge on any atom is 1.00 e. The predicted molar refractivity (Wildman–Crippen MR) is 113 cm³/mol. The van der Waals surface area contributed by atoms with E-state index in [2.05, 4.69) is 6.92 Å². The molecule has 30 heavy (non-hydrogen) atoms. The molecule has 0 aliphatic carbocycles. The standard InChI is InChI=1S/C23H32O5S.K/c1-2-3-4-5-6-7-8-9-11-14-19-17-21(29(25,26)27)18-22(23(19)24)28-20-15-12-10-13-16-20;/h10,12-13,15-18,24H,2-9,11,14H2,1H3,(H,25,26,27);/q;+1/p-1. The summed E-state index contributed by atoms with van der Waals surface area (Å²) in [6.07, 6.45) is 10.9. The van der Waals surface area contributed by atoms with E-state index in [0.717, 1.165) is 25.3 Å². The van der Waals surface area contributed by atoms with E-state index in [9.17, 15) is 18.1 Å². The first-order chi connectivity index (χ1) is 13.9. The summed E-state index contributed by atoms with van der Waals surface area (Å²) in [5.74, 6) is 0.0178. The van der Waals surface area contributed by atoms with Gasteiger partial charge in [-0.25, -0.2) is 0 Å². The van der Waals surface area contributed by atoms with Crippen molar-refractivity contribution in [2.75, 3.05) is 0 Å². The second-order valence-electron chi connectivity index (χ2n) is 7.38. The van der Waals surface area contributed by atoms with Crippen LogP contribution in [0.25, 0.3) is 0 Å². The molecule has 7 heteroatoms. The maximum atomic E-state index is 12.7. The zero-order valence-electron chi connectivity index (χ0n) is 18.1. The average molecular weight is 459 g/mol. The second kappa shape index (κ2) is 14.6. The second-order valence-corrected chi connectivity index (χ2v) is 8.80. The van der Waals surface area contributed by atoms with Crippen molar-refractivity contribution in [3.63, 3.8) is 0 Å². The Balaban J connectivity index is 0.00000450. The van der Waals surface area contributed by atoms with E-state index in [4.69, 9.17) is 4.74 Å². The summed E-state index contributed by atoms with van der Waals surface area (Å²) in [6, 6.07) is 11.0. The first kappa shape index (κ1) is 27.6. The number of para-hydroxylation sites is 1. The largest absolute Gasteiger partial charge is 1.00 e. The van der Waals surface area contributed by atoms with Crippen LogP contribution in [0.2, 0.25) is 0 Å². The van der Waals surface area contributed by atoms with Gasteiger partial charge in [-0.05, 0) is 31.0 Å². The van der Waals surface area contributed by atoms with Crippen LogP contribution in [0.5, 0.6) is 17.2 Å². The minimum Gasteiger partial charge on any atom is -0.870 e. The molecule has 0 saturated heterocycles. The van der Waals surface area contributed by atoms with Crippen LogP contribution < -0.4 is 61.2 Å². The van der Waals surface area contributed by atoms with Crippen LogP contribution in [-0.4, -0.2) is 13.0 Å². The molecule has 2 aromatic rings. The van der Waals surface area contributed by atoms with E-state index in [0.29, 0.717) is 17.7 Å². The van der Waals surface area contributed by atoms with Gasteiger partial charge in [0.05, 0.1) is 4.90 Å². The van der Waals surface area contributed by atoms with Crippen LogP contribution in [0.1, 0.15) is 70.3 Å². The van der Waals surface area contributed by atoms with Gasteiger partial charge in [0.15, 0.2) is 0 Å². The van der Waals surface area contributed by atoms with Crippen LogP contribution in [-0.2, 0) is 16.5 Å². The van der Waals surface area contributed by atoms with E-state index in [1.165, 1.54) is 44.6 Å². The average Bonchev–Trinajstić information content (AvgIpc) is 2.69. The smallest absolute Gasteiger partial charge is 0.870 e. The van der Waals surface area contributed by atoms with Gasteiger partial charge in [0, 0.05) is 6.07 Å². The zero-order valence-corrected chi connectivity index (χ0v) is 22.0. The molecule has 0 unspecified atom stereocenters. The summed E-state index contributed by atoms with van der Waals surface area (Å²) >= 11 is 0. The number of ether oxygens (including phenoxy) is 1. The quantitative estimate of drug-likeness (QED) is 0.283. The number of unbranched alkanes of at least 4 members (excludes halogenated alkanes) is 8. The van der Waals surface area contributed by atoms with Crippen molar-refractivity contribution in [3.05, 3.63) is 48.0 Å². The molecule has 0 fully saturated rings. The van der Waals surface area contributed by atoms with Crippen molar-refractivity contribution in [3.8, 4) is 17.2 Å². The first-order valence-corrected chi connectivity index (χ1v) is 11.9. The van der Waals surface area contributed by atoms with Gasteiger partial charge in [0.25, 0.3) is 10.1 Å². The van der Waals surface area contributed by atoms with Gasteiger partial charge >= 0.3 is 51.4 Å². The summed E-state index contributed by atoms with van der Waals surface area (Å²) in [5.41, 5.74) is 0.356. The Bertz CT molecular complexity index is 853. The molecule has 0 radical (unpaired) electrons. The summed E-state index contributed by atoms with van der Waals surface area (Å²) in [5, 5.41) is 12.7. The fourth-order valence-electron chi connectivity index (χ4n) is 3.28. The van der Waals surface area contributed by atoms with Crippen LogP contribution >= 0.6 is 0 Å². The number of hydrogen-bond donors (Lipinski definition) is 1. The molecule has 0 atom stereocenters. The minimum absolute atomic E-state index is 0. The van der Waals surface area contributed by atoms with Gasteiger partial charge in [-0.15, -0.1) is 0 Å². The van der Waals surface area contributed by atoms with Crippen molar-refractivity contribution < 1.29 is 74.2 Å². The number of rotatable bonds is 13.